The van der Waals surface area contributed by atoms with E-state index < -0.39 is 11.9 Å². The van der Waals surface area contributed by atoms with Gasteiger partial charge in [-0.05, 0) is 12.8 Å². The first-order valence-electron chi connectivity index (χ1n) is 7.48. The highest BCUT2D eigenvalue weighted by molar-refractivity contribution is 5.85. The summed E-state index contributed by atoms with van der Waals surface area (Å²) in [6.07, 6.45) is 3.18. The normalized spacial score (nSPS) is 28.4. The molecule has 0 aromatic heterocycles. The Morgan fingerprint density at radius 3 is 2.15 bits per heavy atom. The molecule has 6 nitrogen and oxygen atoms in total. The van der Waals surface area contributed by atoms with Crippen LogP contribution in [0.4, 0.5) is 0 Å². The first-order valence-corrected chi connectivity index (χ1v) is 7.48. The molecule has 2 aliphatic rings. The minimum Gasteiger partial charge on any atom is -0.481 e. The molecule has 1 aliphatic carbocycles. The average Bonchev–Trinajstić information content (AvgIpc) is 2.47. The Bertz CT molecular complexity index is 353. The highest BCUT2D eigenvalue weighted by Gasteiger charge is 2.38. The fourth-order valence-corrected chi connectivity index (χ4v) is 3.29. The minimum atomic E-state index is -0.832. The fraction of sp³-hybridized carbons (Fsp3) is 0.857. The van der Waals surface area contributed by atoms with Gasteiger partial charge in [-0.2, -0.15) is 0 Å². The highest BCUT2D eigenvalue weighted by Crippen LogP contribution is 2.32. The molecule has 6 heteroatoms. The van der Waals surface area contributed by atoms with Crippen LogP contribution in [0.25, 0.3) is 0 Å². The number of aliphatic hydroxyl groups excluding tert-OH is 1. The molecule has 0 bridgehead atoms. The van der Waals surface area contributed by atoms with Gasteiger partial charge < -0.3 is 15.1 Å². The van der Waals surface area contributed by atoms with Crippen molar-refractivity contribution in [3.05, 3.63) is 0 Å². The lowest BCUT2D eigenvalue weighted by atomic mass is 9.78. The van der Waals surface area contributed by atoms with E-state index in [2.05, 4.69) is 4.90 Å². The van der Waals surface area contributed by atoms with E-state index in [0.29, 0.717) is 32.5 Å². The maximum atomic E-state index is 12.5. The van der Waals surface area contributed by atoms with Gasteiger partial charge in [0.05, 0.1) is 18.4 Å². The van der Waals surface area contributed by atoms with E-state index in [1.54, 1.807) is 4.90 Å². The molecule has 2 rings (SSSR count). The van der Waals surface area contributed by atoms with E-state index in [-0.39, 0.29) is 18.4 Å². The third-order valence-corrected chi connectivity index (χ3v) is 4.50. The first kappa shape index (κ1) is 15.3. The number of carbonyl (C=O) groups excluding carboxylic acids is 1. The Kier molecular flexibility index (Phi) is 5.37. The van der Waals surface area contributed by atoms with Crippen molar-refractivity contribution in [3.8, 4) is 0 Å². The van der Waals surface area contributed by atoms with Gasteiger partial charge in [0, 0.05) is 32.7 Å². The lowest BCUT2D eigenvalue weighted by Crippen LogP contribution is -2.52. The summed E-state index contributed by atoms with van der Waals surface area (Å²) in [6.45, 7) is 3.58. The van der Waals surface area contributed by atoms with Crippen molar-refractivity contribution >= 4 is 11.9 Å². The summed E-state index contributed by atoms with van der Waals surface area (Å²) in [6, 6.07) is 0. The largest absolute Gasteiger partial charge is 0.481 e. The highest BCUT2D eigenvalue weighted by atomic mass is 16.4. The van der Waals surface area contributed by atoms with Crippen molar-refractivity contribution in [2.75, 3.05) is 39.3 Å². The van der Waals surface area contributed by atoms with E-state index in [9.17, 15) is 14.7 Å². The maximum Gasteiger partial charge on any atom is 0.307 e. The summed E-state index contributed by atoms with van der Waals surface area (Å²) in [5, 5.41) is 18.2. The van der Waals surface area contributed by atoms with Crippen LogP contribution in [-0.2, 0) is 9.59 Å². The minimum absolute atomic E-state index is 0.0146. The summed E-state index contributed by atoms with van der Waals surface area (Å²) in [4.78, 5) is 27.7. The molecule has 2 N–H and O–H groups in total. The van der Waals surface area contributed by atoms with Crippen molar-refractivity contribution < 1.29 is 19.8 Å². The molecule has 0 spiro atoms. The second-order valence-electron chi connectivity index (χ2n) is 5.73. The molecule has 0 aromatic carbocycles. The summed E-state index contributed by atoms with van der Waals surface area (Å²) < 4.78 is 0. The standard InChI is InChI=1S/C14H24N2O4/c17-10-9-15-5-7-16(8-6-15)13(18)11-3-1-2-4-12(11)14(19)20/h11-12,17H,1-10H2,(H,19,20)/t11-,12+/m1/s1. The van der Waals surface area contributed by atoms with Crippen LogP contribution in [0.5, 0.6) is 0 Å². The van der Waals surface area contributed by atoms with Gasteiger partial charge in [-0.3, -0.25) is 14.5 Å². The van der Waals surface area contributed by atoms with Crippen LogP contribution in [-0.4, -0.2) is 71.2 Å². The Labute approximate surface area is 119 Å². The van der Waals surface area contributed by atoms with Crippen LogP contribution in [0.2, 0.25) is 0 Å². The van der Waals surface area contributed by atoms with Gasteiger partial charge in [-0.25, -0.2) is 0 Å². The quantitative estimate of drug-likeness (QED) is 0.760. The smallest absolute Gasteiger partial charge is 0.307 e. The molecule has 2 fully saturated rings. The second-order valence-corrected chi connectivity index (χ2v) is 5.73. The number of piperazine rings is 1. The number of hydrogen-bond donors (Lipinski definition) is 2. The van der Waals surface area contributed by atoms with Gasteiger partial charge in [0.15, 0.2) is 0 Å². The van der Waals surface area contributed by atoms with Gasteiger partial charge >= 0.3 is 5.97 Å². The number of carbonyl (C=O) groups is 2. The van der Waals surface area contributed by atoms with Crippen LogP contribution < -0.4 is 0 Å². The number of aliphatic hydroxyl groups is 1. The third kappa shape index (κ3) is 3.49. The first-order chi connectivity index (χ1) is 9.63. The lowest BCUT2D eigenvalue weighted by molar-refractivity contribution is -0.153. The van der Waals surface area contributed by atoms with Crippen LogP contribution in [0.1, 0.15) is 25.7 Å². The van der Waals surface area contributed by atoms with Crippen LogP contribution in [0.15, 0.2) is 0 Å². The summed E-state index contributed by atoms with van der Waals surface area (Å²) in [5.74, 6) is -1.67. The van der Waals surface area contributed by atoms with Crippen LogP contribution in [0.3, 0.4) is 0 Å². The SMILES string of the molecule is O=C(O)[C@H]1CCCC[C@H]1C(=O)N1CCN(CCO)CC1. The molecule has 0 radical (unpaired) electrons. The van der Waals surface area contributed by atoms with Gasteiger partial charge in [-0.15, -0.1) is 0 Å². The number of carboxylic acid groups (broad SMARTS) is 1. The summed E-state index contributed by atoms with van der Waals surface area (Å²) in [7, 11) is 0. The zero-order chi connectivity index (χ0) is 14.5. The summed E-state index contributed by atoms with van der Waals surface area (Å²) in [5.41, 5.74) is 0. The number of carboxylic acids is 1. The van der Waals surface area contributed by atoms with Crippen molar-refractivity contribution in [1.29, 1.82) is 0 Å². The van der Waals surface area contributed by atoms with E-state index in [1.165, 1.54) is 0 Å². The zero-order valence-electron chi connectivity index (χ0n) is 11.8. The van der Waals surface area contributed by atoms with Crippen molar-refractivity contribution in [2.24, 2.45) is 11.8 Å². The van der Waals surface area contributed by atoms with Crippen LogP contribution in [0, 0.1) is 11.8 Å². The van der Waals surface area contributed by atoms with Gasteiger partial charge in [0.2, 0.25) is 5.91 Å². The average molecular weight is 284 g/mol. The van der Waals surface area contributed by atoms with Crippen LogP contribution >= 0.6 is 0 Å². The lowest BCUT2D eigenvalue weighted by Gasteiger charge is -2.38. The molecule has 1 saturated carbocycles. The Hall–Kier alpha value is -1.14. The number of amides is 1. The van der Waals surface area contributed by atoms with E-state index in [1.807, 2.05) is 0 Å². The Morgan fingerprint density at radius 2 is 1.60 bits per heavy atom. The molecule has 0 aromatic rings. The molecule has 114 valence electrons. The molecule has 1 amide bonds. The van der Waals surface area contributed by atoms with Gasteiger partial charge in [0.25, 0.3) is 0 Å². The fourth-order valence-electron chi connectivity index (χ4n) is 3.29. The number of β-amino-alcohol motifs (C(OH)–C–C–N with tert-alkyl or cyclic N) is 1. The van der Waals surface area contributed by atoms with Gasteiger partial charge in [-0.1, -0.05) is 12.8 Å². The zero-order valence-corrected chi connectivity index (χ0v) is 11.8. The van der Waals surface area contributed by atoms with E-state index in [4.69, 9.17) is 5.11 Å². The molecular weight excluding hydrogens is 260 g/mol. The molecule has 1 heterocycles. The van der Waals surface area contributed by atoms with Gasteiger partial charge in [0.1, 0.15) is 0 Å². The molecule has 1 aliphatic heterocycles. The molecule has 1 saturated heterocycles. The van der Waals surface area contributed by atoms with E-state index >= 15 is 0 Å². The van der Waals surface area contributed by atoms with Crippen molar-refractivity contribution in [3.63, 3.8) is 0 Å². The Morgan fingerprint density at radius 1 is 1.00 bits per heavy atom. The number of rotatable bonds is 4. The number of nitrogens with zero attached hydrogens (tertiary/aromatic N) is 2. The third-order valence-electron chi connectivity index (χ3n) is 4.50. The topological polar surface area (TPSA) is 81.1 Å². The van der Waals surface area contributed by atoms with E-state index in [0.717, 1.165) is 25.9 Å². The second kappa shape index (κ2) is 7.04. The molecule has 2 atom stereocenters. The predicted octanol–water partition coefficient (Wildman–Crippen LogP) is 0.0139. The summed E-state index contributed by atoms with van der Waals surface area (Å²) >= 11 is 0. The Balaban J connectivity index is 1.92. The molecule has 20 heavy (non-hydrogen) atoms. The number of aliphatic carboxylic acids is 1. The van der Waals surface area contributed by atoms with Crippen molar-refractivity contribution in [2.45, 2.75) is 25.7 Å². The molecular formula is C14H24N2O4. The maximum absolute atomic E-state index is 12.5. The number of hydrogen-bond acceptors (Lipinski definition) is 4. The van der Waals surface area contributed by atoms with Crippen molar-refractivity contribution in [1.82, 2.24) is 9.80 Å². The predicted molar refractivity (Wildman–Crippen MR) is 73.2 cm³/mol. The molecule has 0 unspecified atom stereocenters. The monoisotopic (exact) mass is 284 g/mol.